The lowest BCUT2D eigenvalue weighted by Gasteiger charge is -2.29. The molecule has 2 rings (SSSR count). The average Bonchev–Trinajstić information content (AvgIpc) is 3.28. The number of rotatable bonds is 20. The molecule has 1 aliphatic rings. The number of carbonyl (C=O) groups is 1. The van der Waals surface area contributed by atoms with Crippen LogP contribution in [0, 0.1) is 0 Å². The van der Waals surface area contributed by atoms with E-state index in [-0.39, 0.29) is 16.8 Å². The van der Waals surface area contributed by atoms with Crippen LogP contribution in [-0.2, 0) is 9.67 Å². The van der Waals surface area contributed by atoms with Gasteiger partial charge in [0.1, 0.15) is 0 Å². The molecule has 3 N–H and O–H groups in total. The predicted octanol–water partition coefficient (Wildman–Crippen LogP) is 7.47. The molecular formula is C28H49N3OS. The molecule has 1 aliphatic heterocycles. The van der Waals surface area contributed by atoms with Crippen molar-refractivity contribution in [2.75, 3.05) is 5.75 Å². The fourth-order valence-electron chi connectivity index (χ4n) is 4.90. The van der Waals surface area contributed by atoms with Gasteiger partial charge < -0.3 is 5.73 Å². The molecule has 2 unspecified atom stereocenters. The number of primary amides is 1. The molecule has 1 amide bonds. The topological polar surface area (TPSA) is 68.0 Å². The van der Waals surface area contributed by atoms with Crippen LogP contribution in [0.15, 0.2) is 24.5 Å². The summed E-state index contributed by atoms with van der Waals surface area (Å²) in [7, 11) is 0. The lowest BCUT2D eigenvalue weighted by molar-refractivity contribution is -0.119. The monoisotopic (exact) mass is 475 g/mol. The molecule has 0 aromatic carbocycles. The zero-order valence-electron chi connectivity index (χ0n) is 21.2. The van der Waals surface area contributed by atoms with Crippen molar-refractivity contribution >= 4 is 17.7 Å². The number of pyridine rings is 1. The third-order valence-electron chi connectivity index (χ3n) is 7.01. The zero-order chi connectivity index (χ0) is 23.6. The van der Waals surface area contributed by atoms with Gasteiger partial charge in [0.15, 0.2) is 0 Å². The predicted molar refractivity (Wildman–Crippen MR) is 143 cm³/mol. The summed E-state index contributed by atoms with van der Waals surface area (Å²) in [5, 5.41) is 3.52. The number of nitrogens with one attached hydrogen (secondary N) is 1. The van der Waals surface area contributed by atoms with Gasteiger partial charge in [-0.2, -0.15) is 0 Å². The molecular weight excluding hydrogens is 426 g/mol. The fourth-order valence-corrected chi connectivity index (χ4v) is 6.40. The van der Waals surface area contributed by atoms with Crippen molar-refractivity contribution in [1.29, 1.82) is 0 Å². The molecule has 5 heteroatoms. The van der Waals surface area contributed by atoms with Gasteiger partial charge in [-0.1, -0.05) is 122 Å². The van der Waals surface area contributed by atoms with Crippen molar-refractivity contribution in [1.82, 2.24) is 10.3 Å². The van der Waals surface area contributed by atoms with Crippen molar-refractivity contribution < 1.29 is 4.79 Å². The maximum Gasteiger partial charge on any atom is 0.235 e. The number of thioether (sulfide) groups is 1. The van der Waals surface area contributed by atoms with Crippen LogP contribution in [0.3, 0.4) is 0 Å². The summed E-state index contributed by atoms with van der Waals surface area (Å²) in [4.78, 5) is 15.8. The quantitative estimate of drug-likeness (QED) is 0.192. The Morgan fingerprint density at radius 2 is 1.45 bits per heavy atom. The van der Waals surface area contributed by atoms with Crippen LogP contribution in [0.4, 0.5) is 0 Å². The number of hydrogen-bond acceptors (Lipinski definition) is 4. The number of hydrogen-bond donors (Lipinski definition) is 2. The van der Waals surface area contributed by atoms with Gasteiger partial charge >= 0.3 is 0 Å². The third kappa shape index (κ3) is 11.3. The number of aromatic nitrogens is 1. The van der Waals surface area contributed by atoms with E-state index in [1.807, 2.05) is 24.0 Å². The van der Waals surface area contributed by atoms with Crippen molar-refractivity contribution in [2.24, 2.45) is 5.73 Å². The van der Waals surface area contributed by atoms with E-state index in [4.69, 9.17) is 5.73 Å². The molecule has 1 aromatic rings. The largest absolute Gasteiger partial charge is 0.368 e. The highest BCUT2D eigenvalue weighted by atomic mass is 32.2. The van der Waals surface area contributed by atoms with Gasteiger partial charge in [-0.3, -0.25) is 15.1 Å². The normalized spacial score (nSPS) is 20.3. The summed E-state index contributed by atoms with van der Waals surface area (Å²) in [6, 6.07) is 3.84. The molecule has 0 aliphatic carbocycles. The third-order valence-corrected chi connectivity index (χ3v) is 8.56. The SMILES string of the molecule is CCCCCCCCCCCCCCCCCCCC1(c2cccnc2)NC(C(N)=O)CS1. The second-order valence-electron chi connectivity index (χ2n) is 9.89. The summed E-state index contributed by atoms with van der Waals surface area (Å²) >= 11 is 1.82. The smallest absolute Gasteiger partial charge is 0.235 e. The van der Waals surface area contributed by atoms with Crippen LogP contribution in [0.1, 0.15) is 128 Å². The minimum Gasteiger partial charge on any atom is -0.368 e. The highest BCUT2D eigenvalue weighted by Crippen LogP contribution is 2.43. The molecule has 0 bridgehead atoms. The molecule has 1 fully saturated rings. The first kappa shape index (κ1) is 28.2. The van der Waals surface area contributed by atoms with Gasteiger partial charge in [0.25, 0.3) is 0 Å². The Labute approximate surface area is 207 Å². The summed E-state index contributed by atoms with van der Waals surface area (Å²) < 4.78 is 0. The van der Waals surface area contributed by atoms with Crippen LogP contribution in [0.2, 0.25) is 0 Å². The first-order valence-corrected chi connectivity index (χ1v) is 14.8. The molecule has 2 atom stereocenters. The highest BCUT2D eigenvalue weighted by Gasteiger charge is 2.42. The van der Waals surface area contributed by atoms with E-state index in [0.717, 1.165) is 17.7 Å². The lowest BCUT2D eigenvalue weighted by Crippen LogP contribution is -2.46. The number of nitrogens with zero attached hydrogens (tertiary/aromatic N) is 1. The van der Waals surface area contributed by atoms with E-state index in [1.165, 1.54) is 109 Å². The van der Waals surface area contributed by atoms with Gasteiger partial charge in [0, 0.05) is 23.7 Å². The van der Waals surface area contributed by atoms with E-state index < -0.39 is 0 Å². The Morgan fingerprint density at radius 3 is 1.88 bits per heavy atom. The van der Waals surface area contributed by atoms with Crippen molar-refractivity contribution in [3.8, 4) is 0 Å². The van der Waals surface area contributed by atoms with E-state index in [2.05, 4.69) is 23.3 Å². The van der Waals surface area contributed by atoms with E-state index in [0.29, 0.717) is 0 Å². The maximum atomic E-state index is 11.7. The molecule has 0 radical (unpaired) electrons. The molecule has 1 aromatic heterocycles. The Bertz CT molecular complexity index is 627. The number of carbonyl (C=O) groups excluding carboxylic acids is 1. The molecule has 33 heavy (non-hydrogen) atoms. The molecule has 188 valence electrons. The van der Waals surface area contributed by atoms with Gasteiger partial charge in [-0.05, 0) is 12.5 Å². The van der Waals surface area contributed by atoms with E-state index in [9.17, 15) is 4.79 Å². The summed E-state index contributed by atoms with van der Waals surface area (Å²) in [6.45, 7) is 2.29. The molecule has 4 nitrogen and oxygen atoms in total. The Kier molecular flexibility index (Phi) is 14.8. The summed E-state index contributed by atoms with van der Waals surface area (Å²) in [6.07, 6.45) is 28.3. The van der Waals surface area contributed by atoms with Crippen LogP contribution in [-0.4, -0.2) is 22.7 Å². The fraction of sp³-hybridized carbons (Fsp3) is 0.786. The van der Waals surface area contributed by atoms with Crippen molar-refractivity contribution in [3.05, 3.63) is 30.1 Å². The van der Waals surface area contributed by atoms with Crippen LogP contribution >= 0.6 is 11.8 Å². The Balaban J connectivity index is 1.47. The van der Waals surface area contributed by atoms with Gasteiger partial charge in [-0.25, -0.2) is 0 Å². The van der Waals surface area contributed by atoms with Crippen LogP contribution in [0.5, 0.6) is 0 Å². The minimum absolute atomic E-state index is 0.219. The Morgan fingerprint density at radius 1 is 0.939 bits per heavy atom. The minimum atomic E-state index is -0.254. The number of unbranched alkanes of at least 4 members (excludes halogenated alkanes) is 16. The highest BCUT2D eigenvalue weighted by molar-refractivity contribution is 8.00. The number of nitrogens with two attached hydrogens (primary N) is 1. The molecule has 2 heterocycles. The lowest BCUT2D eigenvalue weighted by atomic mass is 9.99. The maximum absolute atomic E-state index is 11.7. The van der Waals surface area contributed by atoms with Gasteiger partial charge in [-0.15, -0.1) is 11.8 Å². The first-order valence-electron chi connectivity index (χ1n) is 13.8. The van der Waals surface area contributed by atoms with Gasteiger partial charge in [0.2, 0.25) is 5.91 Å². The second kappa shape index (κ2) is 17.4. The standard InChI is InChI=1S/C28H49N3OS/c1-2-3-4-5-6-7-8-9-10-11-12-13-14-15-16-17-18-21-28(25-20-19-22-30-23-25)31-26(24-33-28)27(29)32/h19-20,22-23,26,31H,2-18,21,24H2,1H3,(H2,29,32). The molecule has 0 saturated carbocycles. The Hall–Kier alpha value is -1.07. The van der Waals surface area contributed by atoms with Crippen LogP contribution < -0.4 is 11.1 Å². The zero-order valence-corrected chi connectivity index (χ0v) is 22.0. The van der Waals surface area contributed by atoms with Crippen molar-refractivity contribution in [2.45, 2.75) is 133 Å². The average molecular weight is 476 g/mol. The first-order chi connectivity index (χ1) is 16.2. The van der Waals surface area contributed by atoms with Crippen LogP contribution in [0.25, 0.3) is 0 Å². The summed E-state index contributed by atoms with van der Waals surface area (Å²) in [5.74, 6) is 0.485. The molecule has 1 saturated heterocycles. The van der Waals surface area contributed by atoms with E-state index >= 15 is 0 Å². The molecule has 0 spiro atoms. The van der Waals surface area contributed by atoms with Gasteiger partial charge in [0.05, 0.1) is 10.9 Å². The van der Waals surface area contributed by atoms with E-state index in [1.54, 1.807) is 6.20 Å². The summed E-state index contributed by atoms with van der Waals surface area (Å²) in [5.41, 5.74) is 6.72. The number of amides is 1. The van der Waals surface area contributed by atoms with Crippen molar-refractivity contribution in [3.63, 3.8) is 0 Å². The second-order valence-corrected chi connectivity index (χ2v) is 11.2.